The number of rotatable bonds is 10. The fourth-order valence-corrected chi connectivity index (χ4v) is 7.79. The van der Waals surface area contributed by atoms with Crippen LogP contribution in [-0.2, 0) is 26.0 Å². The molecule has 6 atom stereocenters. The minimum Gasteiger partial charge on any atom is -0.380 e. The van der Waals surface area contributed by atoms with Crippen molar-refractivity contribution in [2.75, 3.05) is 31.3 Å². The number of hydrogen-bond donors (Lipinski definition) is 3. The molecular formula is C29H40F2N4O4S. The zero-order chi connectivity index (χ0) is 29.0. The molecule has 0 aliphatic carbocycles. The van der Waals surface area contributed by atoms with E-state index in [0.717, 1.165) is 6.42 Å². The summed E-state index contributed by atoms with van der Waals surface area (Å²) in [6.45, 7) is 4.82. The van der Waals surface area contributed by atoms with Gasteiger partial charge in [0.25, 0.3) is 0 Å². The van der Waals surface area contributed by atoms with E-state index >= 15 is 4.39 Å². The molecule has 0 spiro atoms. The summed E-state index contributed by atoms with van der Waals surface area (Å²) in [5.41, 5.74) is 7.75. The second-order valence-electron chi connectivity index (χ2n) is 11.1. The van der Waals surface area contributed by atoms with Gasteiger partial charge >= 0.3 is 0 Å². The number of fused-ring (bicyclic) bond motifs is 2. The first-order chi connectivity index (χ1) is 19.0. The Labute approximate surface area is 235 Å². The number of amides is 1. The number of carbonyl (C=O) groups excluding carboxylic acids is 1. The summed E-state index contributed by atoms with van der Waals surface area (Å²) >= 11 is 0. The van der Waals surface area contributed by atoms with E-state index in [9.17, 15) is 17.6 Å². The van der Waals surface area contributed by atoms with Gasteiger partial charge in [-0.25, -0.2) is 17.2 Å². The number of hydrogen-bond acceptors (Lipinski definition) is 6. The van der Waals surface area contributed by atoms with Crippen LogP contribution in [0.25, 0.3) is 0 Å². The van der Waals surface area contributed by atoms with Crippen molar-refractivity contribution in [3.63, 3.8) is 0 Å². The number of benzene rings is 2. The summed E-state index contributed by atoms with van der Waals surface area (Å²) < 4.78 is 61.7. The van der Waals surface area contributed by atoms with Gasteiger partial charge in [-0.3, -0.25) is 4.79 Å². The van der Waals surface area contributed by atoms with Gasteiger partial charge in [0, 0.05) is 49.5 Å². The van der Waals surface area contributed by atoms with Crippen LogP contribution in [0.15, 0.2) is 42.5 Å². The first-order valence-electron chi connectivity index (χ1n) is 13.9. The van der Waals surface area contributed by atoms with Gasteiger partial charge in [0.1, 0.15) is 11.6 Å². The van der Waals surface area contributed by atoms with Crippen LogP contribution in [-0.4, -0.2) is 68.8 Å². The van der Waals surface area contributed by atoms with Gasteiger partial charge in [0.15, 0.2) is 0 Å². The number of nitrogens with two attached hydrogens (primary N) is 1. The quantitative estimate of drug-likeness (QED) is 0.399. The monoisotopic (exact) mass is 578 g/mol. The predicted molar refractivity (Wildman–Crippen MR) is 151 cm³/mol. The highest BCUT2D eigenvalue weighted by Crippen LogP contribution is 2.31. The predicted octanol–water partition coefficient (Wildman–Crippen LogP) is 3.38. The van der Waals surface area contributed by atoms with Crippen molar-refractivity contribution in [2.24, 2.45) is 11.7 Å². The fraction of sp³-hybridized carbons (Fsp3) is 0.552. The normalized spacial score (nSPS) is 24.6. The maximum absolute atomic E-state index is 15.1. The average molecular weight is 579 g/mol. The molecule has 5 unspecified atom stereocenters. The lowest BCUT2D eigenvalue weighted by Gasteiger charge is -2.37. The van der Waals surface area contributed by atoms with Crippen molar-refractivity contribution in [3.05, 3.63) is 65.2 Å². The SMILES string of the molecule is COC(C(C)C)C(c1ccc(F)cc1)C(N)C(=O)Nc1cccc(F)c1CCC1CN[C@@H]2CCCS(=O)(=O)N1C2. The van der Waals surface area contributed by atoms with Gasteiger partial charge in [-0.05, 0) is 61.4 Å². The standard InChI is InChI=1S/C29H40F2N4O4S/c1-18(2)28(39-3)26(19-9-11-20(30)12-10-19)27(32)29(36)34-25-8-4-7-24(31)23(25)14-13-22-16-33-21-6-5-15-40(37,38)35(22)17-21/h4,7-12,18,21-22,26-28,33H,5-6,13-17,32H2,1-3H3,(H,34,36)/t21-,22?,26?,27?,28?/m1/s1. The van der Waals surface area contributed by atoms with Crippen LogP contribution in [0.2, 0.25) is 0 Å². The van der Waals surface area contributed by atoms with Gasteiger partial charge in [-0.1, -0.05) is 32.0 Å². The third-order valence-corrected chi connectivity index (χ3v) is 10.1. The van der Waals surface area contributed by atoms with E-state index in [2.05, 4.69) is 10.6 Å². The van der Waals surface area contributed by atoms with E-state index in [1.807, 2.05) is 13.8 Å². The minimum atomic E-state index is -3.37. The van der Waals surface area contributed by atoms with E-state index in [1.165, 1.54) is 24.3 Å². The van der Waals surface area contributed by atoms with Crippen LogP contribution < -0.4 is 16.4 Å². The molecule has 2 aliphatic heterocycles. The van der Waals surface area contributed by atoms with Crippen molar-refractivity contribution < 1.29 is 26.7 Å². The Morgan fingerprint density at radius 1 is 1.20 bits per heavy atom. The van der Waals surface area contributed by atoms with Crippen molar-refractivity contribution in [2.45, 2.75) is 69.7 Å². The summed E-state index contributed by atoms with van der Waals surface area (Å²) in [5, 5.41) is 6.23. The molecule has 4 rings (SSSR count). The summed E-state index contributed by atoms with van der Waals surface area (Å²) in [7, 11) is -1.83. The summed E-state index contributed by atoms with van der Waals surface area (Å²) in [4.78, 5) is 13.5. The molecular weight excluding hydrogens is 538 g/mol. The number of ether oxygens (including phenoxy) is 1. The van der Waals surface area contributed by atoms with E-state index < -0.39 is 45.6 Å². The molecule has 2 aliphatic rings. The van der Waals surface area contributed by atoms with Crippen LogP contribution in [0.1, 0.15) is 50.2 Å². The number of methoxy groups -OCH3 is 1. The molecule has 40 heavy (non-hydrogen) atoms. The van der Waals surface area contributed by atoms with E-state index in [4.69, 9.17) is 10.5 Å². The van der Waals surface area contributed by atoms with Crippen molar-refractivity contribution in [1.29, 1.82) is 0 Å². The van der Waals surface area contributed by atoms with Crippen LogP contribution >= 0.6 is 0 Å². The van der Waals surface area contributed by atoms with Crippen LogP contribution in [0.4, 0.5) is 14.5 Å². The Balaban J connectivity index is 1.53. The molecule has 0 aromatic heterocycles. The van der Waals surface area contributed by atoms with Gasteiger partial charge in [0.05, 0.1) is 17.9 Å². The molecule has 2 heterocycles. The van der Waals surface area contributed by atoms with Crippen molar-refractivity contribution >= 4 is 21.6 Å². The van der Waals surface area contributed by atoms with Gasteiger partial charge < -0.3 is 21.1 Å². The van der Waals surface area contributed by atoms with Crippen LogP contribution in [0, 0.1) is 17.6 Å². The molecule has 220 valence electrons. The lowest BCUT2D eigenvalue weighted by atomic mass is 9.81. The number of anilines is 1. The van der Waals surface area contributed by atoms with E-state index in [-0.39, 0.29) is 35.9 Å². The molecule has 4 N–H and O–H groups in total. The topological polar surface area (TPSA) is 114 Å². The highest BCUT2D eigenvalue weighted by atomic mass is 32.2. The number of nitrogens with one attached hydrogen (secondary N) is 2. The molecule has 2 aromatic rings. The molecule has 11 heteroatoms. The first kappa shape index (κ1) is 30.5. The van der Waals surface area contributed by atoms with Gasteiger partial charge in [0.2, 0.25) is 15.9 Å². The highest BCUT2D eigenvalue weighted by Gasteiger charge is 2.38. The molecule has 2 saturated heterocycles. The van der Waals surface area contributed by atoms with Crippen molar-refractivity contribution in [1.82, 2.24) is 9.62 Å². The number of halogens is 2. The molecule has 2 bridgehead atoms. The summed E-state index contributed by atoms with van der Waals surface area (Å²) in [5.74, 6) is -1.88. The Hall–Kier alpha value is -2.44. The fourth-order valence-electron chi connectivity index (χ4n) is 5.98. The summed E-state index contributed by atoms with van der Waals surface area (Å²) in [6.07, 6.45) is 1.62. The van der Waals surface area contributed by atoms with Crippen LogP contribution in [0.5, 0.6) is 0 Å². The van der Waals surface area contributed by atoms with Gasteiger partial charge in [-0.15, -0.1) is 0 Å². The Kier molecular flexibility index (Phi) is 9.94. The molecule has 2 fully saturated rings. The summed E-state index contributed by atoms with van der Waals surface area (Å²) in [6, 6.07) is 9.02. The molecule has 0 saturated carbocycles. The molecule has 2 aromatic carbocycles. The van der Waals surface area contributed by atoms with Crippen molar-refractivity contribution in [3.8, 4) is 0 Å². The lowest BCUT2D eigenvalue weighted by molar-refractivity contribution is -0.119. The largest absolute Gasteiger partial charge is 0.380 e. The Morgan fingerprint density at radius 2 is 1.93 bits per heavy atom. The zero-order valence-electron chi connectivity index (χ0n) is 23.3. The van der Waals surface area contributed by atoms with Crippen LogP contribution in [0.3, 0.4) is 0 Å². The Bertz CT molecular complexity index is 1280. The van der Waals surface area contributed by atoms with E-state index in [0.29, 0.717) is 37.1 Å². The highest BCUT2D eigenvalue weighted by molar-refractivity contribution is 7.89. The lowest BCUT2D eigenvalue weighted by Crippen LogP contribution is -2.57. The number of piperazine rings is 1. The van der Waals surface area contributed by atoms with Gasteiger partial charge in [-0.2, -0.15) is 4.31 Å². The molecule has 8 nitrogen and oxygen atoms in total. The average Bonchev–Trinajstić information content (AvgIpc) is 3.03. The second kappa shape index (κ2) is 13.0. The second-order valence-corrected chi connectivity index (χ2v) is 13.2. The maximum Gasteiger partial charge on any atom is 0.242 e. The Morgan fingerprint density at radius 3 is 2.60 bits per heavy atom. The smallest absolute Gasteiger partial charge is 0.242 e. The third kappa shape index (κ3) is 6.88. The minimum absolute atomic E-state index is 0.00241. The maximum atomic E-state index is 15.1. The third-order valence-electron chi connectivity index (χ3n) is 8.09. The number of nitrogens with zero attached hydrogens (tertiary/aromatic N) is 1. The zero-order valence-corrected chi connectivity index (χ0v) is 24.1. The molecule has 0 radical (unpaired) electrons. The molecule has 1 amide bonds. The van der Waals surface area contributed by atoms with E-state index in [1.54, 1.807) is 29.6 Å². The first-order valence-corrected chi connectivity index (χ1v) is 15.5. The number of sulfonamides is 1. The number of carbonyl (C=O) groups is 1.